The van der Waals surface area contributed by atoms with Crippen LogP contribution in [0.25, 0.3) is 0 Å². The largest absolute Gasteiger partial charge is 0.416 e. The summed E-state index contributed by atoms with van der Waals surface area (Å²) in [5, 5.41) is 0. The van der Waals surface area contributed by atoms with Crippen LogP contribution in [-0.2, 0) is 23.6 Å². The lowest BCUT2D eigenvalue weighted by Crippen LogP contribution is -2.49. The third kappa shape index (κ3) is 7.50. The minimum atomic E-state index is -4.91. The van der Waals surface area contributed by atoms with E-state index in [0.29, 0.717) is 25.2 Å². The number of amides is 1. The second kappa shape index (κ2) is 12.1. The second-order valence-electron chi connectivity index (χ2n) is 10.3. The molecule has 0 bridgehead atoms. The molecule has 1 heterocycles. The van der Waals surface area contributed by atoms with Gasteiger partial charge in [-0.3, -0.25) is 9.69 Å². The van der Waals surface area contributed by atoms with Crippen molar-refractivity contribution in [3.63, 3.8) is 0 Å². The van der Waals surface area contributed by atoms with Crippen molar-refractivity contribution in [3.05, 3.63) is 70.8 Å². The molecule has 0 aromatic heterocycles. The molecule has 0 N–H and O–H groups in total. The number of hydrogen-bond donors (Lipinski definition) is 0. The van der Waals surface area contributed by atoms with Gasteiger partial charge in [-0.25, -0.2) is 0 Å². The Labute approximate surface area is 220 Å². The molecule has 0 radical (unpaired) electrons. The molecule has 2 aromatic carbocycles. The molecule has 4 nitrogen and oxygen atoms in total. The number of carbonyl (C=O) groups excluding carboxylic acids is 1. The van der Waals surface area contributed by atoms with Gasteiger partial charge < -0.3 is 9.80 Å². The van der Waals surface area contributed by atoms with Gasteiger partial charge in [0.25, 0.3) is 0 Å². The molecule has 1 amide bonds. The summed E-state index contributed by atoms with van der Waals surface area (Å²) in [5.41, 5.74) is -2.03. The summed E-state index contributed by atoms with van der Waals surface area (Å²) in [5.74, 6) is -0.241. The number of carbonyl (C=O) groups is 1. The second-order valence-corrected chi connectivity index (χ2v) is 10.3. The van der Waals surface area contributed by atoms with Crippen molar-refractivity contribution < 1.29 is 31.1 Å². The van der Waals surface area contributed by atoms with Crippen LogP contribution < -0.4 is 0 Å². The Bertz CT molecular complexity index is 1030. The molecule has 0 saturated carbocycles. The molecule has 2 aromatic rings. The van der Waals surface area contributed by atoms with Gasteiger partial charge in [0, 0.05) is 38.8 Å². The summed E-state index contributed by atoms with van der Waals surface area (Å²) in [4.78, 5) is 19.5. The zero-order valence-corrected chi connectivity index (χ0v) is 22.1. The van der Waals surface area contributed by atoms with Gasteiger partial charge in [-0.1, -0.05) is 30.3 Å². The molecule has 0 spiro atoms. The lowest BCUT2D eigenvalue weighted by Gasteiger charge is -2.42. The van der Waals surface area contributed by atoms with E-state index in [-0.39, 0.29) is 30.5 Å². The number of hydrogen-bond acceptors (Lipinski definition) is 3. The third-order valence-corrected chi connectivity index (χ3v) is 7.36. The van der Waals surface area contributed by atoms with E-state index in [2.05, 4.69) is 30.7 Å². The van der Waals surface area contributed by atoms with E-state index in [1.54, 1.807) is 0 Å². The van der Waals surface area contributed by atoms with Crippen LogP contribution in [0, 0.1) is 0 Å². The monoisotopic (exact) mass is 543 g/mol. The highest BCUT2D eigenvalue weighted by Crippen LogP contribution is 2.36. The topological polar surface area (TPSA) is 26.8 Å². The van der Waals surface area contributed by atoms with Crippen molar-refractivity contribution in [2.24, 2.45) is 0 Å². The molecule has 1 aliphatic heterocycles. The molecule has 10 heteroatoms. The summed E-state index contributed by atoms with van der Waals surface area (Å²) in [6, 6.07) is 11.0. The highest BCUT2D eigenvalue weighted by atomic mass is 19.4. The zero-order chi connectivity index (χ0) is 28.3. The van der Waals surface area contributed by atoms with Crippen LogP contribution in [0.15, 0.2) is 48.5 Å². The normalized spacial score (nSPS) is 16.7. The first-order valence-electron chi connectivity index (χ1n) is 12.7. The number of rotatable bonds is 8. The van der Waals surface area contributed by atoms with E-state index in [1.807, 2.05) is 30.3 Å². The average molecular weight is 544 g/mol. The van der Waals surface area contributed by atoms with Gasteiger partial charge in [0.2, 0.25) is 5.91 Å². The van der Waals surface area contributed by atoms with Crippen molar-refractivity contribution in [3.8, 4) is 0 Å². The fourth-order valence-corrected chi connectivity index (χ4v) is 4.90. The molecule has 1 unspecified atom stereocenters. The van der Waals surface area contributed by atoms with Crippen LogP contribution in [0.2, 0.25) is 0 Å². The summed E-state index contributed by atoms with van der Waals surface area (Å²) in [7, 11) is 3.63. The van der Waals surface area contributed by atoms with Crippen molar-refractivity contribution in [2.75, 3.05) is 33.7 Å². The van der Waals surface area contributed by atoms with E-state index < -0.39 is 29.5 Å². The Morgan fingerprint density at radius 1 is 0.921 bits per heavy atom. The molecule has 38 heavy (non-hydrogen) atoms. The van der Waals surface area contributed by atoms with E-state index in [1.165, 1.54) is 11.9 Å². The first-order valence-corrected chi connectivity index (χ1v) is 12.7. The molecular formula is C28H35F6N3O. The molecule has 210 valence electrons. The SMILES string of the molecule is CC(C)N(C)C1CCN(C(C(=O)N(C)CCc2cc(C(F)(F)F)cc(C(F)(F)F)c2)c2ccccc2)CC1. The Kier molecular flexibility index (Phi) is 9.52. The summed E-state index contributed by atoms with van der Waals surface area (Å²) >= 11 is 0. The Morgan fingerprint density at radius 3 is 1.92 bits per heavy atom. The summed E-state index contributed by atoms with van der Waals surface area (Å²) in [6.07, 6.45) is -8.19. The lowest BCUT2D eigenvalue weighted by molar-refractivity contribution is -0.143. The fraction of sp³-hybridized carbons (Fsp3) is 0.536. The first-order chi connectivity index (χ1) is 17.7. The van der Waals surface area contributed by atoms with E-state index in [0.717, 1.165) is 30.5 Å². The lowest BCUT2D eigenvalue weighted by atomic mass is 9.97. The van der Waals surface area contributed by atoms with Gasteiger partial charge in [0.15, 0.2) is 0 Å². The maximum absolute atomic E-state index is 13.7. The molecule has 3 rings (SSSR count). The van der Waals surface area contributed by atoms with Crippen molar-refractivity contribution >= 4 is 5.91 Å². The van der Waals surface area contributed by atoms with Crippen LogP contribution in [0.3, 0.4) is 0 Å². The predicted molar refractivity (Wildman–Crippen MR) is 134 cm³/mol. The molecule has 1 fully saturated rings. The van der Waals surface area contributed by atoms with Gasteiger partial charge in [-0.2, -0.15) is 26.3 Å². The van der Waals surface area contributed by atoms with Crippen molar-refractivity contribution in [1.82, 2.24) is 14.7 Å². The molecule has 1 aliphatic rings. The zero-order valence-electron chi connectivity index (χ0n) is 22.1. The quantitative estimate of drug-likeness (QED) is 0.367. The maximum atomic E-state index is 13.7. The van der Waals surface area contributed by atoms with Gasteiger partial charge in [-0.15, -0.1) is 0 Å². The first kappa shape index (κ1) is 30.0. The number of nitrogens with zero attached hydrogens (tertiary/aromatic N) is 3. The highest BCUT2D eigenvalue weighted by molar-refractivity contribution is 5.83. The number of likely N-dealkylation sites (tertiary alicyclic amines) is 1. The fourth-order valence-electron chi connectivity index (χ4n) is 4.90. The molecule has 1 atom stereocenters. The molecule has 0 aliphatic carbocycles. The highest BCUT2D eigenvalue weighted by Gasteiger charge is 2.37. The molecular weight excluding hydrogens is 508 g/mol. The van der Waals surface area contributed by atoms with Gasteiger partial charge in [0.05, 0.1) is 11.1 Å². The number of likely N-dealkylation sites (N-methyl/N-ethyl adjacent to an activating group) is 1. The summed E-state index contributed by atoms with van der Waals surface area (Å²) in [6.45, 7) is 5.65. The Balaban J connectivity index is 1.77. The predicted octanol–water partition coefficient (Wildman–Crippen LogP) is 6.27. The van der Waals surface area contributed by atoms with Gasteiger partial charge in [0.1, 0.15) is 6.04 Å². The van der Waals surface area contributed by atoms with E-state index in [9.17, 15) is 31.1 Å². The minimum absolute atomic E-state index is 0.0205. The maximum Gasteiger partial charge on any atom is 0.416 e. The smallest absolute Gasteiger partial charge is 0.344 e. The average Bonchev–Trinajstić information content (AvgIpc) is 2.86. The van der Waals surface area contributed by atoms with Crippen LogP contribution in [-0.4, -0.2) is 66.4 Å². The van der Waals surface area contributed by atoms with Crippen molar-refractivity contribution in [1.29, 1.82) is 0 Å². The van der Waals surface area contributed by atoms with Crippen molar-refractivity contribution in [2.45, 2.75) is 63.6 Å². The van der Waals surface area contributed by atoms with E-state index >= 15 is 0 Å². The minimum Gasteiger partial charge on any atom is -0.344 e. The summed E-state index contributed by atoms with van der Waals surface area (Å²) < 4.78 is 79.5. The van der Waals surface area contributed by atoms with Crippen LogP contribution >= 0.6 is 0 Å². The van der Waals surface area contributed by atoms with E-state index in [4.69, 9.17) is 0 Å². The number of alkyl halides is 6. The van der Waals surface area contributed by atoms with Crippen LogP contribution in [0.4, 0.5) is 26.3 Å². The Hall–Kier alpha value is -2.59. The Morgan fingerprint density at radius 2 is 1.45 bits per heavy atom. The molecule has 1 saturated heterocycles. The van der Waals surface area contributed by atoms with Gasteiger partial charge >= 0.3 is 12.4 Å². The van der Waals surface area contributed by atoms with Crippen LogP contribution in [0.1, 0.15) is 55.0 Å². The number of piperidine rings is 1. The third-order valence-electron chi connectivity index (χ3n) is 7.36. The standard InChI is InChI=1S/C28H35F6N3O/c1-19(2)36(4)24-11-14-37(15-12-24)25(21-8-6-5-7-9-21)26(38)35(3)13-10-20-16-22(27(29,30)31)18-23(17-20)28(32,33)34/h5-9,16-19,24-25H,10-15H2,1-4H3. The van der Waals surface area contributed by atoms with Gasteiger partial charge in [-0.05, 0) is 69.5 Å². The number of halogens is 6. The number of benzene rings is 2. The van der Waals surface area contributed by atoms with Crippen LogP contribution in [0.5, 0.6) is 0 Å².